The number of halogens is 1. The summed E-state index contributed by atoms with van der Waals surface area (Å²) in [4.78, 5) is 17.2. The van der Waals surface area contributed by atoms with E-state index in [-0.39, 0.29) is 16.9 Å². The third-order valence-corrected chi connectivity index (χ3v) is 6.12. The molecule has 206 valence electrons. The van der Waals surface area contributed by atoms with E-state index in [9.17, 15) is 9.18 Å². The van der Waals surface area contributed by atoms with Crippen molar-refractivity contribution < 1.29 is 13.9 Å². The number of anilines is 2. The SMILES string of the molecule is Cn1cc(-c2cc(Oc3ccc(NC(=O)Nc4cc(C(C)(C)C)nn4-c4ccc(C#N)cc4)c(F)c3)ccn2)cn1. The zero-order chi connectivity index (χ0) is 29.1. The lowest BCUT2D eigenvalue weighted by Gasteiger charge is -2.14. The Labute approximate surface area is 236 Å². The maximum Gasteiger partial charge on any atom is 0.324 e. The van der Waals surface area contributed by atoms with E-state index >= 15 is 0 Å². The monoisotopic (exact) mass is 550 g/mol. The van der Waals surface area contributed by atoms with Gasteiger partial charge in [-0.25, -0.2) is 13.9 Å². The molecule has 10 nitrogen and oxygen atoms in total. The Morgan fingerprint density at radius 2 is 1.78 bits per heavy atom. The van der Waals surface area contributed by atoms with Gasteiger partial charge in [-0.3, -0.25) is 15.0 Å². The number of carbonyl (C=O) groups is 1. The van der Waals surface area contributed by atoms with Crippen molar-refractivity contribution in [2.45, 2.75) is 26.2 Å². The highest BCUT2D eigenvalue weighted by Gasteiger charge is 2.22. The number of nitrogens with one attached hydrogen (secondary N) is 2. The lowest BCUT2D eigenvalue weighted by molar-refractivity contribution is 0.262. The molecule has 2 aromatic carbocycles. The normalized spacial score (nSPS) is 11.1. The van der Waals surface area contributed by atoms with Gasteiger partial charge in [-0.05, 0) is 42.5 Å². The van der Waals surface area contributed by atoms with E-state index in [0.29, 0.717) is 28.5 Å². The first-order valence-corrected chi connectivity index (χ1v) is 12.7. The molecule has 3 heterocycles. The average Bonchev–Trinajstić information content (AvgIpc) is 3.57. The summed E-state index contributed by atoms with van der Waals surface area (Å²) in [6.07, 6.45) is 5.12. The van der Waals surface area contributed by atoms with Crippen molar-refractivity contribution in [3.8, 4) is 34.5 Å². The summed E-state index contributed by atoms with van der Waals surface area (Å²) >= 11 is 0. The molecule has 0 spiro atoms. The van der Waals surface area contributed by atoms with Crippen LogP contribution < -0.4 is 15.4 Å². The first kappa shape index (κ1) is 27.1. The van der Waals surface area contributed by atoms with Gasteiger partial charge in [0.05, 0.1) is 40.6 Å². The van der Waals surface area contributed by atoms with E-state index in [4.69, 9.17) is 10.00 Å². The van der Waals surface area contributed by atoms with Gasteiger partial charge in [0.15, 0.2) is 0 Å². The Balaban J connectivity index is 1.31. The van der Waals surface area contributed by atoms with Crippen LogP contribution in [0, 0.1) is 17.1 Å². The summed E-state index contributed by atoms with van der Waals surface area (Å²) in [6, 6.07) is 17.6. The van der Waals surface area contributed by atoms with Crippen LogP contribution >= 0.6 is 0 Å². The number of aryl methyl sites for hydroxylation is 1. The minimum atomic E-state index is -0.671. The number of nitrogens with zero attached hydrogens (tertiary/aromatic N) is 6. The number of benzene rings is 2. The Hall–Kier alpha value is -5.50. The standard InChI is InChI=1S/C30H27FN8O2/c1-30(2,3)27-15-28(39(37-27)21-7-5-19(16-32)6-8-21)36-29(40)35-25-10-9-22(13-24(25)31)41-23-11-12-33-26(14-23)20-17-34-38(4)18-20/h5-15,17-18H,1-4H3,(H2,35,36,40). The predicted molar refractivity (Wildman–Crippen MR) is 153 cm³/mol. The maximum atomic E-state index is 15.0. The molecular weight excluding hydrogens is 523 g/mol. The molecule has 0 bridgehead atoms. The Bertz CT molecular complexity index is 1760. The quantitative estimate of drug-likeness (QED) is 0.252. The first-order chi connectivity index (χ1) is 19.6. The molecule has 41 heavy (non-hydrogen) atoms. The molecule has 2 amide bonds. The highest BCUT2D eigenvalue weighted by molar-refractivity contribution is 5.99. The Morgan fingerprint density at radius 3 is 2.44 bits per heavy atom. The lowest BCUT2D eigenvalue weighted by atomic mass is 9.92. The smallest absolute Gasteiger partial charge is 0.324 e. The van der Waals surface area contributed by atoms with E-state index in [1.165, 1.54) is 12.1 Å². The molecule has 0 aliphatic rings. The molecule has 0 fully saturated rings. The van der Waals surface area contributed by atoms with Crippen LogP contribution in [0.4, 0.5) is 20.7 Å². The van der Waals surface area contributed by atoms with E-state index in [2.05, 4.69) is 31.9 Å². The molecule has 0 atom stereocenters. The van der Waals surface area contributed by atoms with E-state index < -0.39 is 11.8 Å². The zero-order valence-electron chi connectivity index (χ0n) is 22.9. The van der Waals surface area contributed by atoms with Gasteiger partial charge in [0.1, 0.15) is 23.1 Å². The van der Waals surface area contributed by atoms with Gasteiger partial charge in [0.25, 0.3) is 0 Å². The molecule has 0 saturated carbocycles. The topological polar surface area (TPSA) is 123 Å². The summed E-state index contributed by atoms with van der Waals surface area (Å²) in [5.74, 6) is 0.447. The summed E-state index contributed by atoms with van der Waals surface area (Å²) in [7, 11) is 1.81. The molecule has 0 unspecified atom stereocenters. The van der Waals surface area contributed by atoms with Crippen LogP contribution in [0.2, 0.25) is 0 Å². The van der Waals surface area contributed by atoms with Gasteiger partial charge in [-0.15, -0.1) is 0 Å². The fraction of sp³-hybridized carbons (Fsp3) is 0.167. The van der Waals surface area contributed by atoms with Crippen molar-refractivity contribution in [3.63, 3.8) is 0 Å². The number of hydrogen-bond acceptors (Lipinski definition) is 6. The van der Waals surface area contributed by atoms with Crippen LogP contribution in [0.1, 0.15) is 32.0 Å². The maximum absolute atomic E-state index is 15.0. The van der Waals surface area contributed by atoms with E-state index in [1.807, 2.05) is 34.0 Å². The summed E-state index contributed by atoms with van der Waals surface area (Å²) < 4.78 is 24.1. The molecule has 0 saturated heterocycles. The van der Waals surface area contributed by atoms with Crippen LogP contribution in [0.3, 0.4) is 0 Å². The van der Waals surface area contributed by atoms with E-state index in [1.54, 1.807) is 70.3 Å². The third kappa shape index (κ3) is 6.23. The second kappa shape index (κ2) is 10.9. The van der Waals surface area contributed by atoms with Gasteiger partial charge < -0.3 is 10.1 Å². The van der Waals surface area contributed by atoms with E-state index in [0.717, 1.165) is 11.3 Å². The Morgan fingerprint density at radius 1 is 1.02 bits per heavy atom. The summed E-state index contributed by atoms with van der Waals surface area (Å²) in [5.41, 5.74) is 3.08. The number of aromatic nitrogens is 5. The van der Waals surface area contributed by atoms with Crippen LogP contribution in [-0.4, -0.2) is 30.6 Å². The van der Waals surface area contributed by atoms with Crippen molar-refractivity contribution in [1.82, 2.24) is 24.5 Å². The number of ether oxygens (including phenoxy) is 1. The lowest BCUT2D eigenvalue weighted by Crippen LogP contribution is -2.22. The number of hydrogen-bond donors (Lipinski definition) is 2. The summed E-state index contributed by atoms with van der Waals surface area (Å²) in [5, 5.41) is 23.2. The van der Waals surface area contributed by atoms with Gasteiger partial charge in [0.2, 0.25) is 0 Å². The molecule has 0 radical (unpaired) electrons. The van der Waals surface area contributed by atoms with Crippen LogP contribution in [0.25, 0.3) is 16.9 Å². The van der Waals surface area contributed by atoms with Gasteiger partial charge in [-0.1, -0.05) is 20.8 Å². The first-order valence-electron chi connectivity index (χ1n) is 12.7. The second-order valence-corrected chi connectivity index (χ2v) is 10.3. The predicted octanol–water partition coefficient (Wildman–Crippen LogP) is 6.41. The number of amides is 2. The van der Waals surface area contributed by atoms with Gasteiger partial charge in [-0.2, -0.15) is 15.5 Å². The number of pyridine rings is 1. The van der Waals surface area contributed by atoms with Crippen LogP contribution in [0.5, 0.6) is 11.5 Å². The zero-order valence-corrected chi connectivity index (χ0v) is 22.9. The molecule has 5 aromatic rings. The third-order valence-electron chi connectivity index (χ3n) is 6.12. The molecule has 3 aromatic heterocycles. The number of nitriles is 1. The van der Waals surface area contributed by atoms with Gasteiger partial charge in [0, 0.05) is 48.6 Å². The van der Waals surface area contributed by atoms with Crippen molar-refractivity contribution in [2.75, 3.05) is 10.6 Å². The highest BCUT2D eigenvalue weighted by atomic mass is 19.1. The average molecular weight is 551 g/mol. The molecule has 11 heteroatoms. The largest absolute Gasteiger partial charge is 0.457 e. The molecule has 2 N–H and O–H groups in total. The Kier molecular flexibility index (Phi) is 7.22. The number of carbonyl (C=O) groups excluding carboxylic acids is 1. The molecular formula is C30H27FN8O2. The minimum absolute atomic E-state index is 0.0267. The highest BCUT2D eigenvalue weighted by Crippen LogP contribution is 2.29. The minimum Gasteiger partial charge on any atom is -0.457 e. The van der Waals surface area contributed by atoms with Gasteiger partial charge >= 0.3 is 6.03 Å². The second-order valence-electron chi connectivity index (χ2n) is 10.3. The van der Waals surface area contributed by atoms with Crippen LogP contribution in [0.15, 0.2) is 79.3 Å². The fourth-order valence-corrected chi connectivity index (χ4v) is 3.96. The number of urea groups is 1. The molecule has 5 rings (SSSR count). The van der Waals surface area contributed by atoms with Crippen molar-refractivity contribution in [3.05, 3.63) is 96.3 Å². The number of rotatable bonds is 6. The van der Waals surface area contributed by atoms with Crippen molar-refractivity contribution >= 4 is 17.5 Å². The summed E-state index contributed by atoms with van der Waals surface area (Å²) in [6.45, 7) is 6.02. The van der Waals surface area contributed by atoms with Crippen molar-refractivity contribution in [1.29, 1.82) is 5.26 Å². The fourth-order valence-electron chi connectivity index (χ4n) is 3.96. The molecule has 0 aliphatic heterocycles. The van der Waals surface area contributed by atoms with Crippen LogP contribution in [-0.2, 0) is 12.5 Å². The molecule has 0 aliphatic carbocycles. The van der Waals surface area contributed by atoms with Crippen molar-refractivity contribution in [2.24, 2.45) is 7.05 Å².